The van der Waals surface area contributed by atoms with Crippen molar-refractivity contribution in [2.24, 2.45) is 0 Å². The van der Waals surface area contributed by atoms with Crippen molar-refractivity contribution in [1.82, 2.24) is 15.2 Å². The highest BCUT2D eigenvalue weighted by molar-refractivity contribution is 5.87. The molecule has 3 rings (SSSR count). The lowest BCUT2D eigenvalue weighted by atomic mass is 9.99. The second kappa shape index (κ2) is 6.54. The van der Waals surface area contributed by atoms with Crippen LogP contribution in [-0.2, 0) is 11.2 Å². The minimum atomic E-state index is 0.0766. The van der Waals surface area contributed by atoms with Crippen molar-refractivity contribution in [2.75, 3.05) is 25.4 Å². The summed E-state index contributed by atoms with van der Waals surface area (Å²) in [5.74, 6) is 0.297. The molecule has 3 heterocycles. The van der Waals surface area contributed by atoms with E-state index in [-0.39, 0.29) is 6.04 Å². The Labute approximate surface area is 125 Å². The molecule has 21 heavy (non-hydrogen) atoms. The summed E-state index contributed by atoms with van der Waals surface area (Å²) in [6.07, 6.45) is 8.21. The van der Waals surface area contributed by atoms with Crippen molar-refractivity contribution in [3.8, 4) is 0 Å². The van der Waals surface area contributed by atoms with Crippen molar-refractivity contribution < 1.29 is 4.79 Å². The summed E-state index contributed by atoms with van der Waals surface area (Å²) in [6, 6.07) is 2.41. The van der Waals surface area contributed by atoms with Crippen LogP contribution in [0.15, 0.2) is 18.5 Å². The summed E-state index contributed by atoms with van der Waals surface area (Å²) in [7, 11) is 0. The van der Waals surface area contributed by atoms with Crippen LogP contribution in [0, 0.1) is 0 Å². The zero-order valence-corrected chi connectivity index (χ0v) is 12.4. The number of nitrogen functional groups attached to an aromatic ring is 1. The number of nitrogens with two attached hydrogens (primary N) is 1. The first-order valence-corrected chi connectivity index (χ1v) is 7.93. The van der Waals surface area contributed by atoms with E-state index in [0.29, 0.717) is 23.9 Å². The van der Waals surface area contributed by atoms with Gasteiger partial charge in [0.25, 0.3) is 0 Å². The number of pyridine rings is 1. The number of piperidine rings is 1. The molecule has 0 aromatic carbocycles. The first kappa shape index (κ1) is 14.5. The second-order valence-electron chi connectivity index (χ2n) is 6.09. The molecule has 114 valence electrons. The Balaban J connectivity index is 1.67. The van der Waals surface area contributed by atoms with Crippen molar-refractivity contribution >= 4 is 11.5 Å². The average molecular weight is 288 g/mol. The smallest absolute Gasteiger partial charge is 0.154 e. The number of Topliss-reactive ketones (excluding diaryl/α,β-unsaturated/α-hetero) is 1. The highest BCUT2D eigenvalue weighted by Crippen LogP contribution is 2.26. The van der Waals surface area contributed by atoms with E-state index < -0.39 is 0 Å². The monoisotopic (exact) mass is 288 g/mol. The summed E-state index contributed by atoms with van der Waals surface area (Å²) in [5.41, 5.74) is 7.46. The minimum Gasteiger partial charge on any atom is -0.398 e. The van der Waals surface area contributed by atoms with Gasteiger partial charge in [-0.1, -0.05) is 0 Å². The molecule has 0 amide bonds. The summed E-state index contributed by atoms with van der Waals surface area (Å²) < 4.78 is 0. The van der Waals surface area contributed by atoms with Gasteiger partial charge in [-0.05, 0) is 51.4 Å². The van der Waals surface area contributed by atoms with Crippen molar-refractivity contribution in [2.45, 2.75) is 44.2 Å². The van der Waals surface area contributed by atoms with Crippen molar-refractivity contribution in [1.29, 1.82) is 0 Å². The fourth-order valence-corrected chi connectivity index (χ4v) is 3.60. The van der Waals surface area contributed by atoms with E-state index in [4.69, 9.17) is 5.73 Å². The Kier molecular flexibility index (Phi) is 4.51. The van der Waals surface area contributed by atoms with Crippen LogP contribution in [-0.4, -0.2) is 47.4 Å². The lowest BCUT2D eigenvalue weighted by molar-refractivity contribution is -0.123. The molecule has 1 aromatic heterocycles. The number of hydrogen-bond acceptors (Lipinski definition) is 5. The van der Waals surface area contributed by atoms with Gasteiger partial charge in [-0.3, -0.25) is 14.7 Å². The molecule has 5 heteroatoms. The molecule has 0 radical (unpaired) electrons. The molecule has 2 saturated heterocycles. The Morgan fingerprint density at radius 1 is 1.38 bits per heavy atom. The van der Waals surface area contributed by atoms with Gasteiger partial charge in [0.05, 0.1) is 6.04 Å². The number of nitrogens with one attached hydrogen (secondary N) is 1. The predicted molar refractivity (Wildman–Crippen MR) is 83.0 cm³/mol. The Morgan fingerprint density at radius 3 is 2.95 bits per heavy atom. The van der Waals surface area contributed by atoms with Crippen LogP contribution in [0.4, 0.5) is 5.69 Å². The third kappa shape index (κ3) is 3.24. The van der Waals surface area contributed by atoms with Crippen LogP contribution in [0.3, 0.4) is 0 Å². The zero-order chi connectivity index (χ0) is 14.7. The van der Waals surface area contributed by atoms with E-state index in [1.54, 1.807) is 18.5 Å². The molecule has 1 unspecified atom stereocenters. The minimum absolute atomic E-state index is 0.0766. The summed E-state index contributed by atoms with van der Waals surface area (Å²) in [6.45, 7) is 3.19. The maximum atomic E-state index is 12.7. The second-order valence-corrected chi connectivity index (χ2v) is 6.09. The van der Waals surface area contributed by atoms with E-state index in [2.05, 4.69) is 15.2 Å². The van der Waals surface area contributed by atoms with Crippen molar-refractivity contribution in [3.63, 3.8) is 0 Å². The number of aromatic nitrogens is 1. The van der Waals surface area contributed by atoms with Gasteiger partial charge < -0.3 is 11.1 Å². The fraction of sp³-hybridized carbons (Fsp3) is 0.625. The highest BCUT2D eigenvalue weighted by atomic mass is 16.1. The SMILES string of the molecule is Nc1ccncc1CC(=O)C1CCCN1C1CCNCC1. The molecule has 1 atom stereocenters. The van der Waals surface area contributed by atoms with Gasteiger partial charge in [-0.2, -0.15) is 0 Å². The van der Waals surface area contributed by atoms with Gasteiger partial charge in [0.1, 0.15) is 0 Å². The Hall–Kier alpha value is -1.46. The Morgan fingerprint density at radius 2 is 2.19 bits per heavy atom. The quantitative estimate of drug-likeness (QED) is 0.864. The van der Waals surface area contributed by atoms with Crippen LogP contribution in [0.25, 0.3) is 0 Å². The third-order valence-electron chi connectivity index (χ3n) is 4.75. The number of carbonyl (C=O) groups excluding carboxylic acids is 1. The third-order valence-corrected chi connectivity index (χ3v) is 4.75. The first-order valence-electron chi connectivity index (χ1n) is 7.93. The molecule has 0 bridgehead atoms. The van der Waals surface area contributed by atoms with E-state index in [0.717, 1.165) is 50.9 Å². The van der Waals surface area contributed by atoms with E-state index in [9.17, 15) is 4.79 Å². The van der Waals surface area contributed by atoms with Gasteiger partial charge in [0.2, 0.25) is 0 Å². The molecular weight excluding hydrogens is 264 g/mol. The van der Waals surface area contributed by atoms with Crippen LogP contribution >= 0.6 is 0 Å². The van der Waals surface area contributed by atoms with Crippen LogP contribution < -0.4 is 11.1 Å². The molecule has 3 N–H and O–H groups in total. The number of carbonyl (C=O) groups is 1. The van der Waals surface area contributed by atoms with Gasteiger partial charge in [-0.25, -0.2) is 0 Å². The average Bonchev–Trinajstić information content (AvgIpc) is 3.00. The van der Waals surface area contributed by atoms with Gasteiger partial charge in [-0.15, -0.1) is 0 Å². The summed E-state index contributed by atoms with van der Waals surface area (Å²) in [5, 5.41) is 3.39. The maximum Gasteiger partial charge on any atom is 0.154 e. The van der Waals surface area contributed by atoms with E-state index in [1.165, 1.54) is 0 Å². The molecule has 1 aromatic rings. The number of rotatable bonds is 4. The summed E-state index contributed by atoms with van der Waals surface area (Å²) in [4.78, 5) is 19.2. The van der Waals surface area contributed by atoms with Gasteiger partial charge in [0.15, 0.2) is 5.78 Å². The standard InChI is InChI=1S/C16H24N4O/c17-14-5-8-19-11-12(14)10-16(21)15-2-1-9-20(15)13-3-6-18-7-4-13/h5,8,11,13,15,18H,1-4,6-7,9-10H2,(H2,17,19). The molecule has 2 aliphatic rings. The lowest BCUT2D eigenvalue weighted by Crippen LogP contribution is -2.48. The number of ketones is 1. The van der Waals surface area contributed by atoms with E-state index in [1.807, 2.05) is 0 Å². The first-order chi connectivity index (χ1) is 10.3. The van der Waals surface area contributed by atoms with Crippen LogP contribution in [0.2, 0.25) is 0 Å². The van der Waals surface area contributed by atoms with Gasteiger partial charge >= 0.3 is 0 Å². The molecule has 0 aliphatic carbocycles. The number of likely N-dealkylation sites (tertiary alicyclic amines) is 1. The molecule has 0 saturated carbocycles. The van der Waals surface area contributed by atoms with Crippen molar-refractivity contribution in [3.05, 3.63) is 24.0 Å². The van der Waals surface area contributed by atoms with E-state index >= 15 is 0 Å². The largest absolute Gasteiger partial charge is 0.398 e. The van der Waals surface area contributed by atoms with Gasteiger partial charge in [0, 0.05) is 36.1 Å². The topological polar surface area (TPSA) is 71.2 Å². The molecule has 2 aliphatic heterocycles. The molecule has 0 spiro atoms. The molecule has 5 nitrogen and oxygen atoms in total. The normalized spacial score (nSPS) is 24.3. The van der Waals surface area contributed by atoms with Crippen LogP contribution in [0.5, 0.6) is 0 Å². The molecule has 2 fully saturated rings. The lowest BCUT2D eigenvalue weighted by Gasteiger charge is -2.35. The fourth-order valence-electron chi connectivity index (χ4n) is 3.60. The number of anilines is 1. The van der Waals surface area contributed by atoms with Crippen LogP contribution in [0.1, 0.15) is 31.2 Å². The Bertz CT molecular complexity index is 499. The number of hydrogen-bond donors (Lipinski definition) is 2. The number of nitrogens with zero attached hydrogens (tertiary/aromatic N) is 2. The predicted octanol–water partition coefficient (Wildman–Crippen LogP) is 0.992. The highest BCUT2D eigenvalue weighted by Gasteiger charge is 2.35. The summed E-state index contributed by atoms with van der Waals surface area (Å²) >= 11 is 0. The zero-order valence-electron chi connectivity index (χ0n) is 12.4. The maximum absolute atomic E-state index is 12.7. The molecular formula is C16H24N4O.